The van der Waals surface area contributed by atoms with E-state index in [2.05, 4.69) is 50.9 Å². The Labute approximate surface area is 104 Å². The van der Waals surface area contributed by atoms with E-state index < -0.39 is 0 Å². The van der Waals surface area contributed by atoms with Gasteiger partial charge in [0.25, 0.3) is 0 Å². The predicted octanol–water partition coefficient (Wildman–Crippen LogP) is 4.87. The van der Waals surface area contributed by atoms with Gasteiger partial charge < -0.3 is 0 Å². The Balaban J connectivity index is 2.67. The maximum Gasteiger partial charge on any atom is 0.0346 e. The van der Waals surface area contributed by atoms with Crippen molar-refractivity contribution in [1.82, 2.24) is 4.98 Å². The fourth-order valence-electron chi connectivity index (χ4n) is 2.26. The highest BCUT2D eigenvalue weighted by atomic mass is 14.6. The van der Waals surface area contributed by atoms with Gasteiger partial charge in [-0.2, -0.15) is 0 Å². The Bertz CT molecular complexity index is 514. The van der Waals surface area contributed by atoms with Crippen molar-refractivity contribution in [3.8, 4) is 0 Å². The van der Waals surface area contributed by atoms with Gasteiger partial charge in [-0.25, -0.2) is 0 Å². The van der Waals surface area contributed by atoms with Crippen molar-refractivity contribution in [3.63, 3.8) is 0 Å². The Morgan fingerprint density at radius 2 is 1.94 bits per heavy atom. The molecule has 0 fully saturated rings. The third-order valence-electron chi connectivity index (χ3n) is 3.61. The molecule has 1 heteroatoms. The maximum absolute atomic E-state index is 4.24. The zero-order valence-electron chi connectivity index (χ0n) is 11.2. The molecule has 1 heterocycles. The zero-order chi connectivity index (χ0) is 12.4. The highest BCUT2D eigenvalue weighted by Gasteiger charge is 2.10. The number of aromatic nitrogens is 1. The second-order valence-electron chi connectivity index (χ2n) is 5.17. The molecule has 1 aromatic carbocycles. The minimum atomic E-state index is 0.559. The van der Waals surface area contributed by atoms with E-state index in [0.29, 0.717) is 11.8 Å². The van der Waals surface area contributed by atoms with Gasteiger partial charge in [-0.15, -0.1) is 0 Å². The summed E-state index contributed by atoms with van der Waals surface area (Å²) in [5.41, 5.74) is 2.89. The lowest BCUT2D eigenvalue weighted by atomic mass is 9.89. The minimum Gasteiger partial charge on any atom is -0.264 e. The summed E-state index contributed by atoms with van der Waals surface area (Å²) in [5.74, 6) is 1.18. The van der Waals surface area contributed by atoms with Crippen molar-refractivity contribution in [1.29, 1.82) is 0 Å². The lowest BCUT2D eigenvalue weighted by molar-refractivity contribution is 0.731. The van der Waals surface area contributed by atoms with Gasteiger partial charge in [-0.05, 0) is 46.9 Å². The number of pyridine rings is 1. The monoisotopic (exact) mass is 227 g/mol. The van der Waals surface area contributed by atoms with Crippen LogP contribution < -0.4 is 0 Å². The van der Waals surface area contributed by atoms with Gasteiger partial charge in [0.05, 0.1) is 0 Å². The number of rotatable bonds is 3. The fraction of sp³-hybridized carbons (Fsp3) is 0.438. The van der Waals surface area contributed by atoms with Gasteiger partial charge in [0.1, 0.15) is 0 Å². The van der Waals surface area contributed by atoms with Crippen molar-refractivity contribution >= 4 is 10.8 Å². The molecule has 17 heavy (non-hydrogen) atoms. The lowest BCUT2D eigenvalue weighted by Crippen LogP contribution is -1.97. The molecule has 1 unspecified atom stereocenters. The molecule has 0 radical (unpaired) electrons. The summed E-state index contributed by atoms with van der Waals surface area (Å²) in [4.78, 5) is 4.24. The average molecular weight is 227 g/mol. The summed E-state index contributed by atoms with van der Waals surface area (Å²) in [6, 6.07) is 6.80. The summed E-state index contributed by atoms with van der Waals surface area (Å²) in [7, 11) is 0. The van der Waals surface area contributed by atoms with E-state index in [1.54, 1.807) is 0 Å². The topological polar surface area (TPSA) is 12.9 Å². The van der Waals surface area contributed by atoms with E-state index in [9.17, 15) is 0 Å². The second kappa shape index (κ2) is 4.87. The van der Waals surface area contributed by atoms with Gasteiger partial charge in [0.2, 0.25) is 0 Å². The number of fused-ring (bicyclic) bond motifs is 1. The highest BCUT2D eigenvalue weighted by Crippen LogP contribution is 2.30. The molecule has 1 atom stereocenters. The van der Waals surface area contributed by atoms with Crippen LogP contribution in [0.5, 0.6) is 0 Å². The summed E-state index contributed by atoms with van der Waals surface area (Å²) < 4.78 is 0. The Morgan fingerprint density at radius 3 is 2.59 bits per heavy atom. The molecular weight excluding hydrogens is 206 g/mol. The van der Waals surface area contributed by atoms with Crippen molar-refractivity contribution < 1.29 is 0 Å². The van der Waals surface area contributed by atoms with E-state index in [4.69, 9.17) is 0 Å². The first-order chi connectivity index (χ1) is 8.13. The van der Waals surface area contributed by atoms with Crippen molar-refractivity contribution in [3.05, 3.63) is 41.7 Å². The average Bonchev–Trinajstić information content (AvgIpc) is 2.36. The second-order valence-corrected chi connectivity index (χ2v) is 5.17. The van der Waals surface area contributed by atoms with E-state index in [1.807, 2.05) is 12.4 Å². The molecule has 0 aliphatic carbocycles. The number of hydrogen-bond donors (Lipinski definition) is 0. The van der Waals surface area contributed by atoms with Gasteiger partial charge >= 0.3 is 0 Å². The van der Waals surface area contributed by atoms with E-state index in [-0.39, 0.29) is 0 Å². The summed E-state index contributed by atoms with van der Waals surface area (Å²) in [6.45, 7) is 9.06. The van der Waals surface area contributed by atoms with Crippen LogP contribution >= 0.6 is 0 Å². The molecular formula is C16H21N. The molecule has 0 N–H and O–H groups in total. The van der Waals surface area contributed by atoms with E-state index >= 15 is 0 Å². The summed E-state index contributed by atoms with van der Waals surface area (Å²) in [5, 5.41) is 2.62. The molecule has 1 aromatic heterocycles. The molecule has 0 saturated carbocycles. The third kappa shape index (κ3) is 2.33. The van der Waals surface area contributed by atoms with Gasteiger partial charge in [0, 0.05) is 17.8 Å². The molecule has 0 bridgehead atoms. The Kier molecular flexibility index (Phi) is 3.46. The van der Waals surface area contributed by atoms with Crippen LogP contribution in [0.1, 0.15) is 57.1 Å². The van der Waals surface area contributed by atoms with Crippen LogP contribution in [0, 0.1) is 0 Å². The molecule has 1 nitrogen and oxygen atoms in total. The first-order valence-corrected chi connectivity index (χ1v) is 6.51. The van der Waals surface area contributed by atoms with E-state index in [0.717, 1.165) is 0 Å². The first kappa shape index (κ1) is 12.1. The van der Waals surface area contributed by atoms with Gasteiger partial charge in [-0.3, -0.25) is 4.98 Å². The normalized spacial score (nSPS) is 13.2. The Hall–Kier alpha value is -1.37. The number of hydrogen-bond acceptors (Lipinski definition) is 1. The SMILES string of the molecule is CCC(C)c1cc(C(C)C)c2ccncc2c1. The lowest BCUT2D eigenvalue weighted by Gasteiger charge is -2.16. The maximum atomic E-state index is 4.24. The van der Waals surface area contributed by atoms with Gasteiger partial charge in [0.15, 0.2) is 0 Å². The Morgan fingerprint density at radius 1 is 1.18 bits per heavy atom. The number of nitrogens with zero attached hydrogens (tertiary/aromatic N) is 1. The van der Waals surface area contributed by atoms with Crippen LogP contribution in [0.2, 0.25) is 0 Å². The molecule has 0 amide bonds. The fourth-order valence-corrected chi connectivity index (χ4v) is 2.26. The van der Waals surface area contributed by atoms with E-state index in [1.165, 1.54) is 28.3 Å². The van der Waals surface area contributed by atoms with Crippen molar-refractivity contribution in [2.45, 2.75) is 46.0 Å². The largest absolute Gasteiger partial charge is 0.264 e. The van der Waals surface area contributed by atoms with Gasteiger partial charge in [-0.1, -0.05) is 33.8 Å². The van der Waals surface area contributed by atoms with Crippen LogP contribution in [0.4, 0.5) is 0 Å². The summed E-state index contributed by atoms with van der Waals surface area (Å²) in [6.07, 6.45) is 5.05. The highest BCUT2D eigenvalue weighted by molar-refractivity contribution is 5.86. The molecule has 0 spiro atoms. The van der Waals surface area contributed by atoms with Crippen LogP contribution in [-0.4, -0.2) is 4.98 Å². The van der Waals surface area contributed by atoms with Crippen LogP contribution in [0.3, 0.4) is 0 Å². The molecule has 0 saturated heterocycles. The molecule has 90 valence electrons. The minimum absolute atomic E-state index is 0.559. The third-order valence-corrected chi connectivity index (χ3v) is 3.61. The van der Waals surface area contributed by atoms with Crippen molar-refractivity contribution in [2.75, 3.05) is 0 Å². The standard InChI is InChI=1S/C16H21N/c1-5-12(4)13-8-14-10-17-7-6-15(14)16(9-13)11(2)3/h6-12H,5H2,1-4H3. The molecule has 0 aliphatic rings. The quantitative estimate of drug-likeness (QED) is 0.728. The predicted molar refractivity (Wildman–Crippen MR) is 74.5 cm³/mol. The number of benzene rings is 1. The molecule has 2 rings (SSSR count). The van der Waals surface area contributed by atoms with Crippen LogP contribution in [0.25, 0.3) is 10.8 Å². The first-order valence-electron chi connectivity index (χ1n) is 6.51. The summed E-state index contributed by atoms with van der Waals surface area (Å²) >= 11 is 0. The van der Waals surface area contributed by atoms with Crippen LogP contribution in [-0.2, 0) is 0 Å². The molecule has 0 aliphatic heterocycles. The van der Waals surface area contributed by atoms with Crippen LogP contribution in [0.15, 0.2) is 30.6 Å². The zero-order valence-corrected chi connectivity index (χ0v) is 11.2. The molecule has 2 aromatic rings. The smallest absolute Gasteiger partial charge is 0.0346 e. The van der Waals surface area contributed by atoms with Crippen molar-refractivity contribution in [2.24, 2.45) is 0 Å².